The first kappa shape index (κ1) is 15.1. The standard InChI is InChI=1S/C16H24N4O2/c1-5-11-6-7-19-13-12(17-10(2)18-13)14(21)20(15(19)22)9-16(3,4)8-11/h11H,5-9H2,1-4H3,(H,17,18). The van der Waals surface area contributed by atoms with Crippen molar-refractivity contribution in [2.45, 2.75) is 60.0 Å². The molecule has 0 aliphatic carbocycles. The van der Waals surface area contributed by atoms with Crippen molar-refractivity contribution < 1.29 is 0 Å². The molecule has 1 unspecified atom stereocenters. The summed E-state index contributed by atoms with van der Waals surface area (Å²) < 4.78 is 3.06. The Morgan fingerprint density at radius 2 is 2.05 bits per heavy atom. The van der Waals surface area contributed by atoms with Crippen LogP contribution in [-0.2, 0) is 13.1 Å². The quantitative estimate of drug-likeness (QED) is 0.876. The Bertz CT molecular complexity index is 825. The molecule has 0 radical (unpaired) electrons. The van der Waals surface area contributed by atoms with E-state index in [9.17, 15) is 9.59 Å². The molecule has 1 aliphatic rings. The summed E-state index contributed by atoms with van der Waals surface area (Å²) in [6.07, 6.45) is 3.06. The van der Waals surface area contributed by atoms with Gasteiger partial charge in [0.15, 0.2) is 5.65 Å². The van der Waals surface area contributed by atoms with Gasteiger partial charge in [0.1, 0.15) is 11.3 Å². The number of aryl methyl sites for hydroxylation is 2. The highest BCUT2D eigenvalue weighted by Gasteiger charge is 2.28. The van der Waals surface area contributed by atoms with Gasteiger partial charge in [-0.15, -0.1) is 0 Å². The lowest BCUT2D eigenvalue weighted by Crippen LogP contribution is -2.42. The van der Waals surface area contributed by atoms with Gasteiger partial charge < -0.3 is 4.98 Å². The number of rotatable bonds is 1. The topological polar surface area (TPSA) is 72.7 Å². The zero-order valence-electron chi connectivity index (χ0n) is 13.8. The lowest BCUT2D eigenvalue weighted by atomic mass is 9.80. The van der Waals surface area contributed by atoms with Crippen LogP contribution in [0.3, 0.4) is 0 Å². The van der Waals surface area contributed by atoms with E-state index < -0.39 is 0 Å². The number of imidazole rings is 1. The summed E-state index contributed by atoms with van der Waals surface area (Å²) in [5, 5.41) is 0. The lowest BCUT2D eigenvalue weighted by molar-refractivity contribution is 0.218. The molecule has 0 saturated heterocycles. The Hall–Kier alpha value is -1.85. The fraction of sp³-hybridized carbons (Fsp3) is 0.688. The second-order valence-electron chi connectivity index (χ2n) is 7.28. The highest BCUT2D eigenvalue weighted by molar-refractivity contribution is 5.69. The molecular formula is C16H24N4O2. The van der Waals surface area contributed by atoms with E-state index in [4.69, 9.17) is 0 Å². The van der Waals surface area contributed by atoms with Crippen LogP contribution in [0.4, 0.5) is 0 Å². The summed E-state index contributed by atoms with van der Waals surface area (Å²) >= 11 is 0. The average molecular weight is 304 g/mol. The van der Waals surface area contributed by atoms with Crippen LogP contribution in [0.15, 0.2) is 9.59 Å². The van der Waals surface area contributed by atoms with Gasteiger partial charge in [0, 0.05) is 13.1 Å². The third-order valence-corrected chi connectivity index (χ3v) is 4.75. The van der Waals surface area contributed by atoms with Crippen molar-refractivity contribution >= 4 is 11.2 Å². The van der Waals surface area contributed by atoms with Crippen LogP contribution in [-0.4, -0.2) is 19.1 Å². The molecule has 2 aromatic rings. The normalized spacial score (nSPS) is 21.4. The van der Waals surface area contributed by atoms with E-state index in [0.717, 1.165) is 19.3 Å². The van der Waals surface area contributed by atoms with Crippen LogP contribution < -0.4 is 11.2 Å². The summed E-state index contributed by atoms with van der Waals surface area (Å²) in [5.74, 6) is 1.23. The van der Waals surface area contributed by atoms with Gasteiger partial charge in [-0.25, -0.2) is 9.78 Å². The monoisotopic (exact) mass is 304 g/mol. The zero-order valence-corrected chi connectivity index (χ0v) is 13.8. The second-order valence-corrected chi connectivity index (χ2v) is 7.28. The van der Waals surface area contributed by atoms with E-state index >= 15 is 0 Å². The van der Waals surface area contributed by atoms with Crippen molar-refractivity contribution in [1.29, 1.82) is 0 Å². The van der Waals surface area contributed by atoms with Crippen LogP contribution in [0, 0.1) is 18.3 Å². The molecule has 6 heteroatoms. The molecule has 0 amide bonds. The number of aromatic nitrogens is 4. The van der Waals surface area contributed by atoms with Crippen LogP contribution in [0.5, 0.6) is 0 Å². The van der Waals surface area contributed by atoms with Gasteiger partial charge in [-0.1, -0.05) is 27.2 Å². The van der Waals surface area contributed by atoms with Crippen molar-refractivity contribution in [3.05, 3.63) is 26.7 Å². The second kappa shape index (κ2) is 5.11. The third-order valence-electron chi connectivity index (χ3n) is 4.75. The van der Waals surface area contributed by atoms with Crippen molar-refractivity contribution in [2.24, 2.45) is 11.3 Å². The van der Waals surface area contributed by atoms with Crippen molar-refractivity contribution in [2.75, 3.05) is 0 Å². The van der Waals surface area contributed by atoms with Crippen LogP contribution in [0.1, 0.15) is 45.9 Å². The predicted octanol–water partition coefficient (Wildman–Crippen LogP) is 2.04. The SMILES string of the molecule is CCC1CCn2c(=O)n(c(=O)c3[nH]c(C)nc32)CC(C)(C)C1. The Balaban J connectivity index is 2.30. The van der Waals surface area contributed by atoms with Gasteiger partial charge in [-0.3, -0.25) is 13.9 Å². The number of nitrogens with zero attached hydrogens (tertiary/aromatic N) is 3. The molecule has 3 rings (SSSR count). The molecule has 0 fully saturated rings. The summed E-state index contributed by atoms with van der Waals surface area (Å²) in [7, 11) is 0. The molecule has 1 aliphatic heterocycles. The summed E-state index contributed by atoms with van der Waals surface area (Å²) in [4.78, 5) is 32.8. The highest BCUT2D eigenvalue weighted by Crippen LogP contribution is 2.31. The van der Waals surface area contributed by atoms with Gasteiger partial charge in [0.05, 0.1) is 0 Å². The molecule has 0 spiro atoms. The molecule has 1 N–H and O–H groups in total. The number of H-pyrrole nitrogens is 1. The van der Waals surface area contributed by atoms with E-state index in [2.05, 4.69) is 30.7 Å². The van der Waals surface area contributed by atoms with Crippen LogP contribution >= 0.6 is 0 Å². The number of fused-ring (bicyclic) bond motifs is 4. The highest BCUT2D eigenvalue weighted by atomic mass is 16.2. The molecule has 2 aromatic heterocycles. The molecular weight excluding hydrogens is 280 g/mol. The minimum atomic E-state index is -0.250. The Kier molecular flexibility index (Phi) is 3.50. The fourth-order valence-corrected chi connectivity index (χ4v) is 3.66. The summed E-state index contributed by atoms with van der Waals surface area (Å²) in [5.41, 5.74) is 0.393. The fourth-order valence-electron chi connectivity index (χ4n) is 3.66. The van der Waals surface area contributed by atoms with Gasteiger partial charge in [0.2, 0.25) is 0 Å². The maximum absolute atomic E-state index is 12.8. The van der Waals surface area contributed by atoms with Gasteiger partial charge >= 0.3 is 5.69 Å². The van der Waals surface area contributed by atoms with E-state index in [1.165, 1.54) is 4.57 Å². The molecule has 120 valence electrons. The number of nitrogens with one attached hydrogen (secondary N) is 1. The predicted molar refractivity (Wildman–Crippen MR) is 86.1 cm³/mol. The van der Waals surface area contributed by atoms with Gasteiger partial charge in [0.25, 0.3) is 5.56 Å². The Morgan fingerprint density at radius 3 is 2.73 bits per heavy atom. The first-order valence-electron chi connectivity index (χ1n) is 8.02. The zero-order chi connectivity index (χ0) is 16.1. The Labute approximate surface area is 129 Å². The molecule has 22 heavy (non-hydrogen) atoms. The number of hydrogen-bond acceptors (Lipinski definition) is 3. The van der Waals surface area contributed by atoms with Crippen LogP contribution in [0.2, 0.25) is 0 Å². The third kappa shape index (κ3) is 2.40. The summed E-state index contributed by atoms with van der Waals surface area (Å²) in [6, 6.07) is 0. The largest absolute Gasteiger partial charge is 0.336 e. The van der Waals surface area contributed by atoms with E-state index in [0.29, 0.717) is 36.0 Å². The molecule has 3 heterocycles. The van der Waals surface area contributed by atoms with Crippen molar-refractivity contribution in [3.63, 3.8) is 0 Å². The summed E-state index contributed by atoms with van der Waals surface area (Å²) in [6.45, 7) is 9.35. The maximum atomic E-state index is 12.8. The smallest absolute Gasteiger partial charge is 0.332 e. The molecule has 0 aromatic carbocycles. The van der Waals surface area contributed by atoms with E-state index in [1.54, 1.807) is 4.57 Å². The first-order chi connectivity index (χ1) is 10.3. The molecule has 2 bridgehead atoms. The minimum absolute atomic E-state index is 0.0748. The van der Waals surface area contributed by atoms with Gasteiger partial charge in [-0.2, -0.15) is 0 Å². The van der Waals surface area contributed by atoms with E-state index in [-0.39, 0.29) is 16.7 Å². The van der Waals surface area contributed by atoms with Gasteiger partial charge in [-0.05, 0) is 31.1 Å². The molecule has 6 nitrogen and oxygen atoms in total. The number of hydrogen-bond donors (Lipinski definition) is 1. The van der Waals surface area contributed by atoms with E-state index in [1.807, 2.05) is 6.92 Å². The lowest BCUT2D eigenvalue weighted by Gasteiger charge is -2.28. The van der Waals surface area contributed by atoms with Crippen LogP contribution in [0.25, 0.3) is 11.2 Å². The number of aromatic amines is 1. The average Bonchev–Trinajstić information content (AvgIpc) is 2.84. The first-order valence-corrected chi connectivity index (χ1v) is 8.02. The van der Waals surface area contributed by atoms with Crippen molar-refractivity contribution in [3.8, 4) is 0 Å². The molecule has 0 saturated carbocycles. The van der Waals surface area contributed by atoms with Crippen molar-refractivity contribution in [1.82, 2.24) is 19.1 Å². The molecule has 1 atom stereocenters. The Morgan fingerprint density at radius 1 is 1.32 bits per heavy atom. The minimum Gasteiger partial charge on any atom is -0.336 e. The maximum Gasteiger partial charge on any atom is 0.332 e.